The summed E-state index contributed by atoms with van der Waals surface area (Å²) in [6.45, 7) is 7.00. The lowest BCUT2D eigenvalue weighted by molar-refractivity contribution is -0.120. The van der Waals surface area contributed by atoms with Crippen molar-refractivity contribution in [2.24, 2.45) is 0 Å². The molecule has 0 atom stereocenters. The Morgan fingerprint density at radius 3 is 2.67 bits per heavy atom. The summed E-state index contributed by atoms with van der Waals surface area (Å²) in [5.74, 6) is 0.559. The summed E-state index contributed by atoms with van der Waals surface area (Å²) < 4.78 is 8.74. The summed E-state index contributed by atoms with van der Waals surface area (Å²) in [6.07, 6.45) is 0. The van der Waals surface area contributed by atoms with Crippen molar-refractivity contribution in [3.63, 3.8) is 0 Å². The van der Waals surface area contributed by atoms with Crippen LogP contribution in [0.1, 0.15) is 17.0 Å². The lowest BCUT2D eigenvalue weighted by atomic mass is 10.2. The first-order valence-electron chi connectivity index (χ1n) is 9.86. The summed E-state index contributed by atoms with van der Waals surface area (Å²) in [5, 5.41) is 5.19. The molecule has 0 unspecified atom stereocenters. The van der Waals surface area contributed by atoms with E-state index in [4.69, 9.17) is 4.74 Å². The number of amides is 1. The second-order valence-electron chi connectivity index (χ2n) is 7.26. The zero-order valence-corrected chi connectivity index (χ0v) is 18.1. The van der Waals surface area contributed by atoms with Crippen molar-refractivity contribution in [3.8, 4) is 5.75 Å². The average molecular weight is 421 g/mol. The molecule has 30 heavy (non-hydrogen) atoms. The number of para-hydroxylation sites is 1. The van der Waals surface area contributed by atoms with Crippen molar-refractivity contribution in [1.82, 2.24) is 14.8 Å². The van der Waals surface area contributed by atoms with Crippen LogP contribution in [0.15, 0.2) is 54.6 Å². The standard InChI is InChI=1S/C23H24N4O2S/c1-16-7-6-8-19(13-16)29-15-22(28)26(11-12-27-18(3)14-17(2)25-27)23-24-20-9-4-5-10-21(20)30-23/h4-10,13-14H,11-12,15H2,1-3H3. The van der Waals surface area contributed by atoms with Crippen molar-refractivity contribution >= 4 is 32.6 Å². The summed E-state index contributed by atoms with van der Waals surface area (Å²) in [4.78, 5) is 19.5. The third-order valence-electron chi connectivity index (χ3n) is 4.81. The van der Waals surface area contributed by atoms with Crippen LogP contribution in [0.25, 0.3) is 10.2 Å². The maximum absolute atomic E-state index is 13.1. The average Bonchev–Trinajstić information content (AvgIpc) is 3.29. The maximum Gasteiger partial charge on any atom is 0.266 e. The minimum Gasteiger partial charge on any atom is -0.484 e. The second kappa shape index (κ2) is 8.67. The molecule has 0 saturated carbocycles. The van der Waals surface area contributed by atoms with Gasteiger partial charge in [-0.1, -0.05) is 35.6 Å². The number of fused-ring (bicyclic) bond motifs is 1. The van der Waals surface area contributed by atoms with Gasteiger partial charge < -0.3 is 4.74 Å². The van der Waals surface area contributed by atoms with E-state index in [-0.39, 0.29) is 12.5 Å². The van der Waals surface area contributed by atoms with Gasteiger partial charge in [-0.25, -0.2) is 4.98 Å². The van der Waals surface area contributed by atoms with Gasteiger partial charge in [0.2, 0.25) is 0 Å². The number of benzene rings is 2. The van der Waals surface area contributed by atoms with Gasteiger partial charge in [0.1, 0.15) is 5.75 Å². The van der Waals surface area contributed by atoms with Crippen LogP contribution in [0, 0.1) is 20.8 Å². The molecule has 2 heterocycles. The summed E-state index contributed by atoms with van der Waals surface area (Å²) in [7, 11) is 0. The molecule has 4 aromatic rings. The molecule has 0 fully saturated rings. The van der Waals surface area contributed by atoms with E-state index in [2.05, 4.69) is 10.1 Å². The Labute approximate surface area is 179 Å². The Balaban J connectivity index is 1.55. The summed E-state index contributed by atoms with van der Waals surface area (Å²) in [5.41, 5.74) is 4.02. The molecule has 1 amide bonds. The fraction of sp³-hybridized carbons (Fsp3) is 0.261. The lowest BCUT2D eigenvalue weighted by Crippen LogP contribution is -2.37. The number of carbonyl (C=O) groups excluding carboxylic acids is 1. The summed E-state index contributed by atoms with van der Waals surface area (Å²) in [6, 6.07) is 17.6. The molecule has 4 rings (SSSR count). The molecule has 0 spiro atoms. The highest BCUT2D eigenvalue weighted by Gasteiger charge is 2.21. The zero-order valence-electron chi connectivity index (χ0n) is 17.3. The van der Waals surface area contributed by atoms with Crippen LogP contribution in [-0.2, 0) is 11.3 Å². The first-order chi connectivity index (χ1) is 14.5. The fourth-order valence-corrected chi connectivity index (χ4v) is 4.34. The molecule has 2 aromatic heterocycles. The van der Waals surface area contributed by atoms with Crippen LogP contribution in [0.3, 0.4) is 0 Å². The number of thiazole rings is 1. The number of aryl methyl sites for hydroxylation is 3. The molecule has 0 saturated heterocycles. The van der Waals surface area contributed by atoms with Crippen molar-refractivity contribution in [2.75, 3.05) is 18.1 Å². The van der Waals surface area contributed by atoms with Crippen LogP contribution < -0.4 is 9.64 Å². The van der Waals surface area contributed by atoms with Gasteiger partial charge in [-0.05, 0) is 56.7 Å². The number of hydrogen-bond donors (Lipinski definition) is 0. The van der Waals surface area contributed by atoms with Gasteiger partial charge in [0, 0.05) is 12.2 Å². The molecule has 0 aliphatic heterocycles. The minimum absolute atomic E-state index is 0.0451. The monoisotopic (exact) mass is 420 g/mol. The Bertz CT molecular complexity index is 1150. The predicted octanol–water partition coefficient (Wildman–Crippen LogP) is 4.53. The summed E-state index contributed by atoms with van der Waals surface area (Å²) >= 11 is 1.51. The highest BCUT2D eigenvalue weighted by Crippen LogP contribution is 2.29. The van der Waals surface area contributed by atoms with Gasteiger partial charge in [0.05, 0.1) is 22.5 Å². The highest BCUT2D eigenvalue weighted by molar-refractivity contribution is 7.22. The first kappa shape index (κ1) is 20.1. The van der Waals surface area contributed by atoms with Gasteiger partial charge in [-0.2, -0.15) is 5.10 Å². The molecule has 2 aromatic carbocycles. The number of carbonyl (C=O) groups is 1. The Kier molecular flexibility index (Phi) is 5.81. The van der Waals surface area contributed by atoms with Crippen LogP contribution in [0.2, 0.25) is 0 Å². The molecule has 6 nitrogen and oxygen atoms in total. The number of rotatable bonds is 7. The molecular weight excluding hydrogens is 396 g/mol. The van der Waals surface area contributed by atoms with Gasteiger partial charge in [0.25, 0.3) is 5.91 Å². The van der Waals surface area contributed by atoms with Crippen molar-refractivity contribution in [1.29, 1.82) is 0 Å². The number of aromatic nitrogens is 3. The SMILES string of the molecule is Cc1cccc(OCC(=O)N(CCn2nc(C)cc2C)c2nc3ccccc3s2)c1. The molecule has 0 radical (unpaired) electrons. The molecule has 154 valence electrons. The van der Waals surface area contributed by atoms with Crippen molar-refractivity contribution in [3.05, 3.63) is 71.5 Å². The molecule has 0 N–H and O–H groups in total. The molecule has 0 bridgehead atoms. The molecular formula is C23H24N4O2S. The number of nitrogens with zero attached hydrogens (tertiary/aromatic N) is 4. The van der Waals surface area contributed by atoms with E-state index in [0.717, 1.165) is 27.2 Å². The number of hydrogen-bond acceptors (Lipinski definition) is 5. The fourth-order valence-electron chi connectivity index (χ4n) is 3.33. The lowest BCUT2D eigenvalue weighted by Gasteiger charge is -2.20. The smallest absolute Gasteiger partial charge is 0.266 e. The highest BCUT2D eigenvalue weighted by atomic mass is 32.1. The zero-order chi connectivity index (χ0) is 21.1. The van der Waals surface area contributed by atoms with Gasteiger partial charge in [-0.15, -0.1) is 0 Å². The quantitative estimate of drug-likeness (QED) is 0.441. The first-order valence-corrected chi connectivity index (χ1v) is 10.7. The predicted molar refractivity (Wildman–Crippen MR) is 120 cm³/mol. The number of ether oxygens (including phenoxy) is 1. The van der Waals surface area contributed by atoms with E-state index in [1.165, 1.54) is 11.3 Å². The molecule has 7 heteroatoms. The van der Waals surface area contributed by atoms with Gasteiger partial charge in [0.15, 0.2) is 11.7 Å². The van der Waals surface area contributed by atoms with Gasteiger partial charge >= 0.3 is 0 Å². The normalized spacial score (nSPS) is 11.0. The van der Waals surface area contributed by atoms with E-state index in [1.54, 1.807) is 4.90 Å². The minimum atomic E-state index is -0.128. The largest absolute Gasteiger partial charge is 0.484 e. The third kappa shape index (κ3) is 4.52. The van der Waals surface area contributed by atoms with Crippen LogP contribution in [0.5, 0.6) is 5.75 Å². The van der Waals surface area contributed by atoms with Crippen molar-refractivity contribution in [2.45, 2.75) is 27.3 Å². The maximum atomic E-state index is 13.1. The van der Waals surface area contributed by atoms with Crippen LogP contribution >= 0.6 is 11.3 Å². The van der Waals surface area contributed by atoms with E-state index < -0.39 is 0 Å². The van der Waals surface area contributed by atoms with Crippen LogP contribution in [0.4, 0.5) is 5.13 Å². The Morgan fingerprint density at radius 1 is 1.10 bits per heavy atom. The number of anilines is 1. The van der Waals surface area contributed by atoms with Crippen LogP contribution in [-0.4, -0.2) is 33.8 Å². The van der Waals surface area contributed by atoms with E-state index in [1.807, 2.05) is 80.1 Å². The Hall–Kier alpha value is -3.19. The van der Waals surface area contributed by atoms with E-state index >= 15 is 0 Å². The topological polar surface area (TPSA) is 60.2 Å². The van der Waals surface area contributed by atoms with E-state index in [9.17, 15) is 4.79 Å². The molecule has 0 aliphatic rings. The second-order valence-corrected chi connectivity index (χ2v) is 8.27. The van der Waals surface area contributed by atoms with E-state index in [0.29, 0.717) is 24.0 Å². The Morgan fingerprint density at radius 2 is 1.93 bits per heavy atom. The molecule has 0 aliphatic carbocycles. The van der Waals surface area contributed by atoms with Crippen molar-refractivity contribution < 1.29 is 9.53 Å². The third-order valence-corrected chi connectivity index (χ3v) is 5.86. The van der Waals surface area contributed by atoms with Gasteiger partial charge in [-0.3, -0.25) is 14.4 Å².